The number of carbonyl (C=O) groups is 1. The van der Waals surface area contributed by atoms with Crippen LogP contribution in [0.1, 0.15) is 23.3 Å². The average molecular weight is 300 g/mol. The van der Waals surface area contributed by atoms with Crippen molar-refractivity contribution >= 4 is 16.8 Å². The Kier molecular flexibility index (Phi) is 3.26. The Morgan fingerprint density at radius 2 is 2.23 bits per heavy atom. The normalized spacial score (nSPS) is 27.0. The summed E-state index contributed by atoms with van der Waals surface area (Å²) in [5.41, 5.74) is 1.24. The molecule has 1 aromatic carbocycles. The monoisotopic (exact) mass is 300 g/mol. The van der Waals surface area contributed by atoms with Crippen molar-refractivity contribution in [1.29, 1.82) is 0 Å². The molecule has 6 nitrogen and oxygen atoms in total. The molecule has 0 saturated carbocycles. The van der Waals surface area contributed by atoms with E-state index >= 15 is 0 Å². The van der Waals surface area contributed by atoms with E-state index in [-0.39, 0.29) is 11.9 Å². The number of nitrogens with zero attached hydrogens (tertiary/aromatic N) is 2. The molecule has 4 heterocycles. The Morgan fingerprint density at radius 3 is 2.91 bits per heavy atom. The number of ether oxygens (including phenoxy) is 1. The summed E-state index contributed by atoms with van der Waals surface area (Å²) in [6, 6.07) is 5.86. The molecule has 116 valence electrons. The Labute approximate surface area is 128 Å². The molecular formula is C16H20N4O2. The van der Waals surface area contributed by atoms with Crippen molar-refractivity contribution in [1.82, 2.24) is 20.4 Å². The van der Waals surface area contributed by atoms with E-state index < -0.39 is 0 Å². The van der Waals surface area contributed by atoms with E-state index in [0.717, 1.165) is 30.5 Å². The number of hydrogen-bond donors (Lipinski definition) is 2. The van der Waals surface area contributed by atoms with Gasteiger partial charge < -0.3 is 15.0 Å². The number of amides is 1. The smallest absolute Gasteiger partial charge is 0.272 e. The van der Waals surface area contributed by atoms with Crippen LogP contribution in [0.5, 0.6) is 5.75 Å². The Hall–Kier alpha value is -2.08. The summed E-state index contributed by atoms with van der Waals surface area (Å²) in [5.74, 6) is 1.15. The number of rotatable bonds is 3. The maximum Gasteiger partial charge on any atom is 0.272 e. The molecule has 0 unspecified atom stereocenters. The molecule has 3 aliphatic heterocycles. The molecule has 1 atom stereocenters. The number of aromatic amines is 1. The molecule has 1 aromatic heterocycles. The van der Waals surface area contributed by atoms with Crippen LogP contribution in [0.4, 0.5) is 0 Å². The number of hydrogen-bond acceptors (Lipinski definition) is 4. The zero-order valence-corrected chi connectivity index (χ0v) is 12.6. The zero-order valence-electron chi connectivity index (χ0n) is 12.6. The number of fused-ring (bicyclic) bond motifs is 4. The summed E-state index contributed by atoms with van der Waals surface area (Å²) in [6.07, 6.45) is 2.35. The zero-order chi connectivity index (χ0) is 15.1. The van der Waals surface area contributed by atoms with Crippen LogP contribution in [0.15, 0.2) is 18.2 Å². The highest BCUT2D eigenvalue weighted by atomic mass is 16.5. The Morgan fingerprint density at radius 1 is 1.41 bits per heavy atom. The molecule has 1 amide bonds. The molecule has 0 radical (unpaired) electrons. The van der Waals surface area contributed by atoms with Gasteiger partial charge in [-0.25, -0.2) is 0 Å². The van der Waals surface area contributed by atoms with Crippen molar-refractivity contribution in [2.45, 2.75) is 18.9 Å². The molecule has 2 N–H and O–H groups in total. The van der Waals surface area contributed by atoms with Crippen molar-refractivity contribution in [2.75, 3.05) is 26.7 Å². The highest BCUT2D eigenvalue weighted by Crippen LogP contribution is 2.29. The molecule has 22 heavy (non-hydrogen) atoms. The van der Waals surface area contributed by atoms with Crippen molar-refractivity contribution in [3.8, 4) is 5.75 Å². The first kappa shape index (κ1) is 13.6. The molecule has 2 aromatic rings. The molecule has 6 heteroatoms. The maximum absolute atomic E-state index is 12.7. The van der Waals surface area contributed by atoms with Crippen molar-refractivity contribution in [2.24, 2.45) is 5.92 Å². The Balaban J connectivity index is 1.60. The first-order chi connectivity index (χ1) is 10.8. The number of aromatic nitrogens is 2. The number of carbonyl (C=O) groups excluding carboxylic acids is 1. The fourth-order valence-electron chi connectivity index (χ4n) is 3.74. The number of methoxy groups -OCH3 is 1. The van der Waals surface area contributed by atoms with Crippen molar-refractivity contribution in [3.63, 3.8) is 0 Å². The maximum atomic E-state index is 12.7. The van der Waals surface area contributed by atoms with E-state index in [1.807, 2.05) is 18.2 Å². The first-order valence-corrected chi connectivity index (χ1v) is 7.80. The largest absolute Gasteiger partial charge is 0.496 e. The lowest BCUT2D eigenvalue weighted by atomic mass is 9.84. The predicted octanol–water partition coefficient (Wildman–Crippen LogP) is 1.40. The summed E-state index contributed by atoms with van der Waals surface area (Å²) in [7, 11) is 1.61. The molecule has 5 rings (SSSR count). The van der Waals surface area contributed by atoms with Crippen LogP contribution in [0.2, 0.25) is 0 Å². The predicted molar refractivity (Wildman–Crippen MR) is 83.1 cm³/mol. The SMILES string of the molecule is COc1cccc2[nH]nc(C(=O)N[C@@H]3CN4CCC3CC4)c12. The highest BCUT2D eigenvalue weighted by Gasteiger charge is 2.35. The molecule has 2 bridgehead atoms. The van der Waals surface area contributed by atoms with Crippen LogP contribution in [0.25, 0.3) is 10.9 Å². The van der Waals surface area contributed by atoms with Gasteiger partial charge in [0.15, 0.2) is 5.69 Å². The molecule has 0 spiro atoms. The summed E-state index contributed by atoms with van der Waals surface area (Å²) in [4.78, 5) is 15.1. The van der Waals surface area contributed by atoms with Crippen LogP contribution < -0.4 is 10.1 Å². The number of piperidine rings is 3. The lowest BCUT2D eigenvalue weighted by Crippen LogP contribution is -2.57. The lowest BCUT2D eigenvalue weighted by Gasteiger charge is -2.44. The second-order valence-corrected chi connectivity index (χ2v) is 6.17. The van der Waals surface area contributed by atoms with Gasteiger partial charge in [-0.2, -0.15) is 5.10 Å². The van der Waals surface area contributed by atoms with E-state index in [0.29, 0.717) is 17.4 Å². The van der Waals surface area contributed by atoms with Crippen LogP contribution in [-0.2, 0) is 0 Å². The number of H-pyrrole nitrogens is 1. The minimum Gasteiger partial charge on any atom is -0.496 e. The summed E-state index contributed by atoms with van der Waals surface area (Å²) < 4.78 is 5.37. The van der Waals surface area contributed by atoms with Gasteiger partial charge in [-0.05, 0) is 44.0 Å². The Bertz CT molecular complexity index is 703. The minimum absolute atomic E-state index is 0.116. The second kappa shape index (κ2) is 5.28. The van der Waals surface area contributed by atoms with E-state index in [1.165, 1.54) is 12.8 Å². The third-order valence-electron chi connectivity index (χ3n) is 4.96. The fourth-order valence-corrected chi connectivity index (χ4v) is 3.74. The summed E-state index contributed by atoms with van der Waals surface area (Å²) >= 11 is 0. The third-order valence-corrected chi connectivity index (χ3v) is 4.96. The second-order valence-electron chi connectivity index (χ2n) is 6.17. The van der Waals surface area contributed by atoms with E-state index in [2.05, 4.69) is 20.4 Å². The molecule has 0 aliphatic carbocycles. The highest BCUT2D eigenvalue weighted by molar-refractivity contribution is 6.07. The van der Waals surface area contributed by atoms with Gasteiger partial charge >= 0.3 is 0 Å². The van der Waals surface area contributed by atoms with E-state index in [4.69, 9.17) is 4.74 Å². The van der Waals surface area contributed by atoms with Crippen LogP contribution in [-0.4, -0.2) is 53.8 Å². The average Bonchev–Trinajstić information content (AvgIpc) is 3.00. The van der Waals surface area contributed by atoms with Crippen LogP contribution >= 0.6 is 0 Å². The number of nitrogens with one attached hydrogen (secondary N) is 2. The van der Waals surface area contributed by atoms with Crippen LogP contribution in [0, 0.1) is 5.92 Å². The van der Waals surface area contributed by atoms with Gasteiger partial charge in [0.1, 0.15) is 5.75 Å². The lowest BCUT2D eigenvalue weighted by molar-refractivity contribution is 0.0618. The minimum atomic E-state index is -0.116. The van der Waals surface area contributed by atoms with Gasteiger partial charge in [-0.15, -0.1) is 0 Å². The van der Waals surface area contributed by atoms with Crippen LogP contribution in [0.3, 0.4) is 0 Å². The van der Waals surface area contributed by atoms with E-state index in [9.17, 15) is 4.79 Å². The molecular weight excluding hydrogens is 280 g/mol. The quantitative estimate of drug-likeness (QED) is 0.899. The van der Waals surface area contributed by atoms with Gasteiger partial charge in [0.2, 0.25) is 0 Å². The molecule has 3 fully saturated rings. The van der Waals surface area contributed by atoms with Gasteiger partial charge in [0.25, 0.3) is 5.91 Å². The molecule has 3 aliphatic rings. The van der Waals surface area contributed by atoms with Gasteiger partial charge in [-0.1, -0.05) is 6.07 Å². The van der Waals surface area contributed by atoms with E-state index in [1.54, 1.807) is 7.11 Å². The van der Waals surface area contributed by atoms with Gasteiger partial charge in [0, 0.05) is 12.6 Å². The fraction of sp³-hybridized carbons (Fsp3) is 0.500. The van der Waals surface area contributed by atoms with Gasteiger partial charge in [-0.3, -0.25) is 9.89 Å². The summed E-state index contributed by atoms with van der Waals surface area (Å²) in [6.45, 7) is 3.28. The topological polar surface area (TPSA) is 70.2 Å². The van der Waals surface area contributed by atoms with Crippen molar-refractivity contribution < 1.29 is 9.53 Å². The number of benzene rings is 1. The first-order valence-electron chi connectivity index (χ1n) is 7.80. The van der Waals surface area contributed by atoms with Gasteiger partial charge in [0.05, 0.1) is 18.0 Å². The summed E-state index contributed by atoms with van der Waals surface area (Å²) in [5, 5.41) is 11.0. The standard InChI is InChI=1S/C16H20N4O2/c1-22-13-4-2-3-11-14(13)15(19-18-11)16(21)17-12-9-20-7-5-10(12)6-8-20/h2-4,10,12H,5-9H2,1H3,(H,17,21)(H,18,19)/t12-/m1/s1. The van der Waals surface area contributed by atoms with Crippen molar-refractivity contribution in [3.05, 3.63) is 23.9 Å². The third kappa shape index (κ3) is 2.14. The molecule has 3 saturated heterocycles.